The second kappa shape index (κ2) is 12.1. The summed E-state index contributed by atoms with van der Waals surface area (Å²) in [5, 5.41) is 4.10. The lowest BCUT2D eigenvalue weighted by atomic mass is 10.0. The highest BCUT2D eigenvalue weighted by Crippen LogP contribution is 2.44. The number of hydrogen-bond acceptors (Lipinski definition) is 5. The van der Waals surface area contributed by atoms with Crippen LogP contribution in [0.3, 0.4) is 0 Å². The molecular weight excluding hydrogens is 665 g/mol. The number of para-hydroxylation sites is 1. The Morgan fingerprint density at radius 3 is 1.70 bits per heavy atom. The largest absolute Gasteiger partial charge is 0.456 e. The molecule has 0 N–H and O–H groups in total. The summed E-state index contributed by atoms with van der Waals surface area (Å²) in [6, 6.07) is 62.8. The predicted molar refractivity (Wildman–Crippen MR) is 220 cm³/mol. The normalized spacial score (nSPS) is 11.7. The Kier molecular flexibility index (Phi) is 6.79. The van der Waals surface area contributed by atoms with Crippen LogP contribution in [0.4, 0.5) is 17.1 Å². The van der Waals surface area contributed by atoms with Crippen LogP contribution in [0.2, 0.25) is 0 Å². The topological polar surface area (TPSA) is 55.6 Å². The summed E-state index contributed by atoms with van der Waals surface area (Å²) in [7, 11) is 0. The summed E-state index contributed by atoms with van der Waals surface area (Å²) in [5.74, 6) is 0.600. The average molecular weight is 695 g/mol. The van der Waals surface area contributed by atoms with Crippen molar-refractivity contribution in [3.63, 3.8) is 0 Å². The van der Waals surface area contributed by atoms with Crippen LogP contribution in [0, 0.1) is 0 Å². The molecular formula is C49H30N2O3. The monoisotopic (exact) mass is 694 g/mol. The number of aromatic nitrogens is 1. The lowest BCUT2D eigenvalue weighted by Gasteiger charge is -2.26. The van der Waals surface area contributed by atoms with Crippen molar-refractivity contribution in [3.05, 3.63) is 182 Å². The maximum absolute atomic E-state index is 6.42. The number of oxazole rings is 1. The van der Waals surface area contributed by atoms with Crippen LogP contribution in [0.15, 0.2) is 195 Å². The third-order valence-corrected chi connectivity index (χ3v) is 10.3. The highest BCUT2D eigenvalue weighted by atomic mass is 16.4. The zero-order valence-electron chi connectivity index (χ0n) is 28.9. The van der Waals surface area contributed by atoms with E-state index in [0.29, 0.717) is 5.89 Å². The number of nitrogens with zero attached hydrogens (tertiary/aromatic N) is 2. The zero-order chi connectivity index (χ0) is 35.6. The zero-order valence-corrected chi connectivity index (χ0v) is 28.9. The Morgan fingerprint density at radius 2 is 0.944 bits per heavy atom. The van der Waals surface area contributed by atoms with E-state index in [0.717, 1.165) is 88.7 Å². The smallest absolute Gasteiger partial charge is 0.227 e. The third kappa shape index (κ3) is 4.90. The van der Waals surface area contributed by atoms with E-state index >= 15 is 0 Å². The molecule has 3 heterocycles. The fourth-order valence-electron chi connectivity index (χ4n) is 7.74. The van der Waals surface area contributed by atoms with Gasteiger partial charge in [0.2, 0.25) is 5.89 Å². The van der Waals surface area contributed by atoms with Gasteiger partial charge in [-0.05, 0) is 101 Å². The minimum Gasteiger partial charge on any atom is -0.456 e. The lowest BCUT2D eigenvalue weighted by Crippen LogP contribution is -2.10. The van der Waals surface area contributed by atoms with Gasteiger partial charge in [0.15, 0.2) is 5.58 Å². The molecule has 0 saturated heterocycles. The predicted octanol–water partition coefficient (Wildman–Crippen LogP) is 14.1. The van der Waals surface area contributed by atoms with E-state index in [1.165, 1.54) is 11.1 Å². The van der Waals surface area contributed by atoms with Crippen molar-refractivity contribution < 1.29 is 13.3 Å². The van der Waals surface area contributed by atoms with Crippen molar-refractivity contribution in [2.24, 2.45) is 0 Å². The molecule has 0 bridgehead atoms. The number of benzene rings is 8. The van der Waals surface area contributed by atoms with Gasteiger partial charge in [-0.15, -0.1) is 0 Å². The maximum atomic E-state index is 6.42. The molecule has 0 fully saturated rings. The molecule has 11 rings (SSSR count). The van der Waals surface area contributed by atoms with E-state index in [-0.39, 0.29) is 0 Å². The lowest BCUT2D eigenvalue weighted by molar-refractivity contribution is 0.622. The van der Waals surface area contributed by atoms with Gasteiger partial charge in [-0.3, -0.25) is 0 Å². The first-order valence-electron chi connectivity index (χ1n) is 18.0. The molecule has 0 spiro atoms. The molecule has 254 valence electrons. The molecule has 5 nitrogen and oxygen atoms in total. The van der Waals surface area contributed by atoms with Crippen molar-refractivity contribution in [3.8, 4) is 33.7 Å². The van der Waals surface area contributed by atoms with E-state index in [1.54, 1.807) is 0 Å². The average Bonchev–Trinajstić information content (AvgIpc) is 3.95. The van der Waals surface area contributed by atoms with E-state index in [9.17, 15) is 0 Å². The maximum Gasteiger partial charge on any atom is 0.227 e. The molecule has 0 aliphatic heterocycles. The summed E-state index contributed by atoms with van der Waals surface area (Å²) >= 11 is 0. The molecule has 0 amide bonds. The van der Waals surface area contributed by atoms with Crippen LogP contribution in [0.1, 0.15) is 0 Å². The van der Waals surface area contributed by atoms with E-state index < -0.39 is 0 Å². The second-order valence-corrected chi connectivity index (χ2v) is 13.5. The van der Waals surface area contributed by atoms with Crippen molar-refractivity contribution in [2.75, 3.05) is 4.90 Å². The van der Waals surface area contributed by atoms with Gasteiger partial charge >= 0.3 is 0 Å². The van der Waals surface area contributed by atoms with Crippen LogP contribution in [-0.2, 0) is 0 Å². The molecule has 0 aliphatic carbocycles. The summed E-state index contributed by atoms with van der Waals surface area (Å²) in [4.78, 5) is 7.10. The van der Waals surface area contributed by atoms with E-state index in [4.69, 9.17) is 18.2 Å². The van der Waals surface area contributed by atoms with Crippen LogP contribution < -0.4 is 4.90 Å². The Balaban J connectivity index is 1.00. The number of anilines is 3. The minimum absolute atomic E-state index is 0.600. The molecule has 0 atom stereocenters. The third-order valence-electron chi connectivity index (χ3n) is 10.3. The van der Waals surface area contributed by atoms with E-state index in [2.05, 4.69) is 120 Å². The summed E-state index contributed by atoms with van der Waals surface area (Å²) in [5.41, 5.74) is 13.4. The second-order valence-electron chi connectivity index (χ2n) is 13.5. The molecule has 54 heavy (non-hydrogen) atoms. The van der Waals surface area contributed by atoms with Crippen LogP contribution in [0.25, 0.3) is 88.7 Å². The Morgan fingerprint density at radius 1 is 0.370 bits per heavy atom. The molecule has 11 aromatic rings. The fourth-order valence-corrected chi connectivity index (χ4v) is 7.74. The number of rotatable bonds is 6. The van der Waals surface area contributed by atoms with Gasteiger partial charge in [-0.2, -0.15) is 0 Å². The first-order valence-corrected chi connectivity index (χ1v) is 18.0. The summed E-state index contributed by atoms with van der Waals surface area (Å²) in [6.45, 7) is 0. The molecule has 0 unspecified atom stereocenters. The van der Waals surface area contributed by atoms with Crippen molar-refractivity contribution in [1.29, 1.82) is 0 Å². The van der Waals surface area contributed by atoms with Gasteiger partial charge < -0.3 is 18.2 Å². The quantitative estimate of drug-likeness (QED) is 0.173. The van der Waals surface area contributed by atoms with Gasteiger partial charge in [0, 0.05) is 27.7 Å². The van der Waals surface area contributed by atoms with Crippen LogP contribution >= 0.6 is 0 Å². The first kappa shape index (κ1) is 30.3. The number of fused-ring (bicyclic) bond motifs is 8. The Hall–Kier alpha value is -7.37. The fraction of sp³-hybridized carbons (Fsp3) is 0. The van der Waals surface area contributed by atoms with Gasteiger partial charge in [0.1, 0.15) is 27.8 Å². The van der Waals surface area contributed by atoms with Gasteiger partial charge in [0.05, 0.1) is 16.5 Å². The van der Waals surface area contributed by atoms with Crippen LogP contribution in [-0.4, -0.2) is 4.98 Å². The molecule has 0 radical (unpaired) electrons. The molecule has 0 aliphatic rings. The summed E-state index contributed by atoms with van der Waals surface area (Å²) < 4.78 is 19.1. The molecule has 0 saturated carbocycles. The highest BCUT2D eigenvalue weighted by Gasteiger charge is 2.21. The van der Waals surface area contributed by atoms with Crippen molar-refractivity contribution in [1.82, 2.24) is 4.98 Å². The Bertz CT molecular complexity index is 3140. The molecule has 5 heteroatoms. The SMILES string of the molecule is c1ccc(-c2ccc(N(c3ccc(-c4ccc5c(c4)oc4ccc6nc(-c7ccccc7)oc6c45)cc3)c3cccc4oc5ccccc5c34)cc2)cc1. The highest BCUT2D eigenvalue weighted by molar-refractivity contribution is 6.17. The minimum atomic E-state index is 0.600. The van der Waals surface area contributed by atoms with Gasteiger partial charge in [-0.1, -0.05) is 103 Å². The molecule has 8 aromatic carbocycles. The van der Waals surface area contributed by atoms with Crippen molar-refractivity contribution >= 4 is 72.0 Å². The summed E-state index contributed by atoms with van der Waals surface area (Å²) in [6.07, 6.45) is 0. The Labute approximate surface area is 309 Å². The van der Waals surface area contributed by atoms with Crippen LogP contribution in [0.5, 0.6) is 0 Å². The number of furan rings is 2. The molecule has 3 aromatic heterocycles. The van der Waals surface area contributed by atoms with E-state index in [1.807, 2.05) is 66.7 Å². The standard InChI is InChI=1S/C49H30N2O3/c1-3-10-31(11-4-1)32-18-23-36(24-19-32)51(41-15-9-17-43-46(41)38-14-7-8-16-42(38)52-43)37-25-20-33(21-26-37)35-22-27-39-45(30-35)53-44-29-28-40-48(47(39)44)54-49(50-40)34-12-5-2-6-13-34/h1-30H. The van der Waals surface area contributed by atoms with Gasteiger partial charge in [-0.25, -0.2) is 4.98 Å². The van der Waals surface area contributed by atoms with Gasteiger partial charge in [0.25, 0.3) is 0 Å². The number of hydrogen-bond donors (Lipinski definition) is 0. The first-order chi connectivity index (χ1) is 26.7. The van der Waals surface area contributed by atoms with Crippen molar-refractivity contribution in [2.45, 2.75) is 0 Å².